The van der Waals surface area contributed by atoms with Crippen molar-refractivity contribution in [3.63, 3.8) is 0 Å². The SMILES string of the molecule is Cc1sc(-c2cccc(F)c2C(=O)NCCOCCOC2CCCCO2)cc1C(=O)Nc1ncc(Cl)s1. The molecule has 1 aliphatic heterocycles. The van der Waals surface area contributed by atoms with Crippen LogP contribution in [0, 0.1) is 12.7 Å². The largest absolute Gasteiger partial charge is 0.377 e. The Morgan fingerprint density at radius 2 is 2.08 bits per heavy atom. The van der Waals surface area contributed by atoms with E-state index in [1.807, 2.05) is 0 Å². The maximum absolute atomic E-state index is 14.8. The molecule has 0 saturated carbocycles. The fraction of sp³-hybridized carbons (Fsp3) is 0.400. The summed E-state index contributed by atoms with van der Waals surface area (Å²) in [6, 6.07) is 6.08. The number of hydrogen-bond acceptors (Lipinski definition) is 8. The van der Waals surface area contributed by atoms with Gasteiger partial charge in [-0.3, -0.25) is 14.9 Å². The second-order valence-corrected chi connectivity index (χ2v) is 11.1. The summed E-state index contributed by atoms with van der Waals surface area (Å²) in [5.74, 6) is -1.56. The number of anilines is 1. The number of hydrogen-bond donors (Lipinski definition) is 2. The Hall–Kier alpha value is -2.41. The summed E-state index contributed by atoms with van der Waals surface area (Å²) >= 11 is 8.33. The number of aromatic nitrogens is 1. The lowest BCUT2D eigenvalue weighted by Gasteiger charge is -2.22. The molecule has 1 aliphatic rings. The van der Waals surface area contributed by atoms with Crippen molar-refractivity contribution in [2.75, 3.05) is 38.3 Å². The van der Waals surface area contributed by atoms with Crippen molar-refractivity contribution < 1.29 is 28.2 Å². The summed E-state index contributed by atoms with van der Waals surface area (Å²) in [5, 5.41) is 5.79. The van der Waals surface area contributed by atoms with E-state index in [-0.39, 0.29) is 30.9 Å². The number of thiophene rings is 1. The Kier molecular flexibility index (Phi) is 10.0. The van der Waals surface area contributed by atoms with Crippen LogP contribution in [0.25, 0.3) is 10.4 Å². The van der Waals surface area contributed by atoms with Crippen LogP contribution in [0.1, 0.15) is 44.9 Å². The molecule has 37 heavy (non-hydrogen) atoms. The van der Waals surface area contributed by atoms with Gasteiger partial charge < -0.3 is 19.5 Å². The summed E-state index contributed by atoms with van der Waals surface area (Å²) in [5.41, 5.74) is 0.736. The van der Waals surface area contributed by atoms with Gasteiger partial charge in [-0.05, 0) is 38.3 Å². The summed E-state index contributed by atoms with van der Waals surface area (Å²) in [7, 11) is 0. The molecule has 3 aromatic rings. The summed E-state index contributed by atoms with van der Waals surface area (Å²) < 4.78 is 31.8. The summed E-state index contributed by atoms with van der Waals surface area (Å²) in [4.78, 5) is 31.0. The van der Waals surface area contributed by atoms with Crippen molar-refractivity contribution in [1.82, 2.24) is 10.3 Å². The van der Waals surface area contributed by atoms with Crippen molar-refractivity contribution in [3.8, 4) is 10.4 Å². The first-order chi connectivity index (χ1) is 17.9. The minimum atomic E-state index is -0.647. The van der Waals surface area contributed by atoms with Crippen molar-refractivity contribution in [3.05, 3.63) is 56.6 Å². The van der Waals surface area contributed by atoms with Crippen molar-refractivity contribution in [1.29, 1.82) is 0 Å². The van der Waals surface area contributed by atoms with Crippen molar-refractivity contribution in [2.24, 2.45) is 0 Å². The van der Waals surface area contributed by atoms with Crippen LogP contribution in [0.4, 0.5) is 9.52 Å². The van der Waals surface area contributed by atoms with Gasteiger partial charge in [0.25, 0.3) is 11.8 Å². The van der Waals surface area contributed by atoms with Crippen LogP contribution in [0.5, 0.6) is 0 Å². The molecule has 3 heterocycles. The molecule has 0 spiro atoms. The molecular weight excluding hydrogens is 541 g/mol. The summed E-state index contributed by atoms with van der Waals surface area (Å²) in [6.45, 7) is 3.75. The zero-order valence-corrected chi connectivity index (χ0v) is 22.6. The molecule has 1 aromatic carbocycles. The minimum Gasteiger partial charge on any atom is -0.377 e. The molecule has 1 saturated heterocycles. The zero-order chi connectivity index (χ0) is 26.2. The average Bonchev–Trinajstić information content (AvgIpc) is 3.48. The molecule has 2 N–H and O–H groups in total. The minimum absolute atomic E-state index is 0.0832. The van der Waals surface area contributed by atoms with Gasteiger partial charge in [-0.2, -0.15) is 0 Å². The maximum atomic E-state index is 14.8. The predicted octanol–water partition coefficient (Wildman–Crippen LogP) is 5.51. The van der Waals surface area contributed by atoms with Gasteiger partial charge in [0, 0.05) is 28.5 Å². The van der Waals surface area contributed by atoms with E-state index in [1.165, 1.54) is 29.7 Å². The Labute approximate surface area is 227 Å². The Morgan fingerprint density at radius 3 is 2.84 bits per heavy atom. The van der Waals surface area contributed by atoms with E-state index in [2.05, 4.69) is 15.6 Å². The molecule has 0 aliphatic carbocycles. The predicted molar refractivity (Wildman–Crippen MR) is 142 cm³/mol. The highest BCUT2D eigenvalue weighted by Crippen LogP contribution is 2.35. The van der Waals surface area contributed by atoms with Gasteiger partial charge >= 0.3 is 0 Å². The number of rotatable bonds is 11. The van der Waals surface area contributed by atoms with E-state index < -0.39 is 11.7 Å². The van der Waals surface area contributed by atoms with Crippen LogP contribution in [0.2, 0.25) is 4.34 Å². The van der Waals surface area contributed by atoms with E-state index in [0.29, 0.717) is 38.7 Å². The third-order valence-electron chi connectivity index (χ3n) is 5.57. The number of halogens is 2. The number of amides is 2. The second kappa shape index (κ2) is 13.4. The van der Waals surface area contributed by atoms with Crippen molar-refractivity contribution in [2.45, 2.75) is 32.5 Å². The van der Waals surface area contributed by atoms with Crippen LogP contribution < -0.4 is 10.6 Å². The molecule has 1 atom stereocenters. The van der Waals surface area contributed by atoms with Gasteiger partial charge in [0.2, 0.25) is 0 Å². The lowest BCUT2D eigenvalue weighted by atomic mass is 10.0. The van der Waals surface area contributed by atoms with Gasteiger partial charge in [0.05, 0.1) is 37.1 Å². The van der Waals surface area contributed by atoms with Crippen LogP contribution in [0.15, 0.2) is 30.5 Å². The monoisotopic (exact) mass is 567 g/mol. The fourth-order valence-electron chi connectivity index (χ4n) is 3.79. The number of carbonyl (C=O) groups excluding carboxylic acids is 2. The van der Waals surface area contributed by atoms with E-state index in [1.54, 1.807) is 19.1 Å². The van der Waals surface area contributed by atoms with E-state index in [9.17, 15) is 14.0 Å². The number of aryl methyl sites for hydroxylation is 1. The molecular formula is C25H27ClFN3O5S2. The Balaban J connectivity index is 1.33. The number of thiazole rings is 1. The van der Waals surface area contributed by atoms with E-state index in [0.717, 1.165) is 42.1 Å². The third-order valence-corrected chi connectivity index (χ3v) is 7.68. The lowest BCUT2D eigenvalue weighted by molar-refractivity contribution is -0.168. The first-order valence-electron chi connectivity index (χ1n) is 11.8. The molecule has 2 aromatic heterocycles. The van der Waals surface area contributed by atoms with Gasteiger partial charge in [-0.1, -0.05) is 35.1 Å². The highest BCUT2D eigenvalue weighted by Gasteiger charge is 2.22. The molecule has 1 unspecified atom stereocenters. The van der Waals surface area contributed by atoms with E-state index in [4.69, 9.17) is 25.8 Å². The fourth-order valence-corrected chi connectivity index (χ4v) is 5.64. The van der Waals surface area contributed by atoms with Gasteiger partial charge in [-0.15, -0.1) is 11.3 Å². The van der Waals surface area contributed by atoms with Gasteiger partial charge in [-0.25, -0.2) is 9.37 Å². The molecule has 8 nitrogen and oxygen atoms in total. The number of nitrogens with one attached hydrogen (secondary N) is 2. The average molecular weight is 568 g/mol. The normalized spacial score (nSPS) is 15.5. The van der Waals surface area contributed by atoms with Gasteiger partial charge in [0.15, 0.2) is 11.4 Å². The first kappa shape index (κ1) is 27.6. The van der Waals surface area contributed by atoms with Gasteiger partial charge in [0.1, 0.15) is 10.2 Å². The number of carbonyl (C=O) groups is 2. The van der Waals surface area contributed by atoms with Crippen LogP contribution in [0.3, 0.4) is 0 Å². The van der Waals surface area contributed by atoms with Crippen LogP contribution in [-0.2, 0) is 14.2 Å². The number of benzene rings is 1. The quantitative estimate of drug-likeness (QED) is 0.296. The highest BCUT2D eigenvalue weighted by atomic mass is 35.5. The topological polar surface area (TPSA) is 98.8 Å². The maximum Gasteiger partial charge on any atom is 0.258 e. The smallest absolute Gasteiger partial charge is 0.258 e. The first-order valence-corrected chi connectivity index (χ1v) is 13.8. The van der Waals surface area contributed by atoms with Crippen LogP contribution in [-0.4, -0.2) is 56.1 Å². The lowest BCUT2D eigenvalue weighted by Crippen LogP contribution is -2.29. The van der Waals surface area contributed by atoms with Crippen molar-refractivity contribution >= 4 is 51.2 Å². The number of nitrogens with zero attached hydrogens (tertiary/aromatic N) is 1. The third kappa shape index (κ3) is 7.56. The van der Waals surface area contributed by atoms with Crippen LogP contribution >= 0.6 is 34.3 Å². The summed E-state index contributed by atoms with van der Waals surface area (Å²) in [6.07, 6.45) is 4.33. The zero-order valence-electron chi connectivity index (χ0n) is 20.2. The second-order valence-electron chi connectivity index (χ2n) is 8.20. The molecule has 1 fully saturated rings. The highest BCUT2D eigenvalue weighted by molar-refractivity contribution is 7.19. The number of ether oxygens (including phenoxy) is 3. The van der Waals surface area contributed by atoms with E-state index >= 15 is 0 Å². The molecule has 198 valence electrons. The Morgan fingerprint density at radius 1 is 1.22 bits per heavy atom. The standard InChI is InChI=1S/C25H27ClFN3O5S2/c1-15-17(23(31)30-25-29-14-20(26)37-25)13-19(36-15)16-5-4-6-18(27)22(16)24(32)28-8-10-33-11-12-35-21-7-2-3-9-34-21/h4-6,13-14,21H,2-3,7-12H2,1H3,(H,28,32)(H,29,30,31). The Bertz CT molecular complexity index is 1230. The molecule has 12 heteroatoms. The molecule has 4 rings (SSSR count). The molecule has 2 amide bonds. The molecule has 0 radical (unpaired) electrons. The molecule has 0 bridgehead atoms.